The van der Waals surface area contributed by atoms with Crippen molar-refractivity contribution in [1.82, 2.24) is 4.90 Å². The average molecular weight is 330 g/mol. The lowest BCUT2D eigenvalue weighted by atomic mass is 10.0. The molecule has 1 unspecified atom stereocenters. The van der Waals surface area contributed by atoms with Crippen LogP contribution in [-0.2, 0) is 14.4 Å². The molecule has 1 atom stereocenters. The highest BCUT2D eigenvalue weighted by Gasteiger charge is 2.35. The van der Waals surface area contributed by atoms with Gasteiger partial charge in [-0.1, -0.05) is 6.42 Å². The fourth-order valence-corrected chi connectivity index (χ4v) is 2.52. The average Bonchev–Trinajstić information content (AvgIpc) is 2.89. The zero-order chi connectivity index (χ0) is 17.5. The molecule has 8 heteroatoms. The Kier molecular flexibility index (Phi) is 7.25. The van der Waals surface area contributed by atoms with Gasteiger partial charge in [-0.05, 0) is 46.5 Å². The summed E-state index contributed by atoms with van der Waals surface area (Å²) >= 11 is 0. The van der Waals surface area contributed by atoms with Crippen LogP contribution in [0.15, 0.2) is 0 Å². The maximum atomic E-state index is 12.3. The third-order valence-electron chi connectivity index (χ3n) is 3.52. The largest absolute Gasteiger partial charge is 0.444 e. The summed E-state index contributed by atoms with van der Waals surface area (Å²) in [5.74, 6) is 0.0311. The van der Waals surface area contributed by atoms with Crippen LogP contribution in [0.1, 0.15) is 59.3 Å². The Morgan fingerprint density at radius 1 is 1.26 bits per heavy atom. The third-order valence-corrected chi connectivity index (χ3v) is 3.52. The van der Waals surface area contributed by atoms with Gasteiger partial charge < -0.3 is 9.57 Å². The van der Waals surface area contributed by atoms with E-state index in [-0.39, 0.29) is 12.4 Å². The molecule has 0 aromatic rings. The highest BCUT2D eigenvalue weighted by atomic mass is 16.9. The molecule has 0 saturated carbocycles. The molecule has 0 aromatic heterocycles. The molecule has 1 fully saturated rings. The van der Waals surface area contributed by atoms with Gasteiger partial charge in [0.1, 0.15) is 5.60 Å². The van der Waals surface area contributed by atoms with Crippen molar-refractivity contribution in [2.24, 2.45) is 0 Å². The van der Waals surface area contributed by atoms with Crippen LogP contribution in [0, 0.1) is 10.1 Å². The number of carbonyl (C=O) groups excluding carboxylic acids is 2. The van der Waals surface area contributed by atoms with E-state index in [0.29, 0.717) is 38.6 Å². The van der Waals surface area contributed by atoms with Gasteiger partial charge in [0.2, 0.25) is 0 Å². The van der Waals surface area contributed by atoms with E-state index in [4.69, 9.17) is 4.74 Å². The molecular weight excluding hydrogens is 304 g/mol. The van der Waals surface area contributed by atoms with E-state index < -0.39 is 22.8 Å². The second-order valence-electron chi connectivity index (χ2n) is 6.67. The molecule has 0 radical (unpaired) electrons. The standard InChI is InChI=1S/C15H26N2O6/c1-15(2,3)23-14(19)16-10-7-8-12(16)13(18)9-5-4-6-11-22-17(20)21/h12H,4-11H2,1-3H3. The van der Waals surface area contributed by atoms with Crippen LogP contribution in [-0.4, -0.2) is 46.7 Å². The van der Waals surface area contributed by atoms with Crippen LogP contribution in [0.4, 0.5) is 4.79 Å². The molecule has 1 saturated heterocycles. The summed E-state index contributed by atoms with van der Waals surface area (Å²) in [6.45, 7) is 5.98. The van der Waals surface area contributed by atoms with Crippen molar-refractivity contribution in [3.8, 4) is 0 Å². The zero-order valence-corrected chi connectivity index (χ0v) is 14.1. The van der Waals surface area contributed by atoms with Crippen LogP contribution in [0.25, 0.3) is 0 Å². The van der Waals surface area contributed by atoms with Gasteiger partial charge in [-0.15, -0.1) is 10.1 Å². The Hall–Kier alpha value is -1.86. The fraction of sp³-hybridized carbons (Fsp3) is 0.867. The molecule has 0 bridgehead atoms. The number of ether oxygens (including phenoxy) is 1. The molecule has 8 nitrogen and oxygen atoms in total. The molecule has 0 aromatic carbocycles. The molecule has 23 heavy (non-hydrogen) atoms. The van der Waals surface area contributed by atoms with Crippen molar-refractivity contribution >= 4 is 11.9 Å². The summed E-state index contributed by atoms with van der Waals surface area (Å²) in [5, 5.41) is 9.18. The Morgan fingerprint density at radius 3 is 2.57 bits per heavy atom. The minimum Gasteiger partial charge on any atom is -0.444 e. The number of carbonyl (C=O) groups is 2. The minimum atomic E-state index is -0.817. The molecule has 132 valence electrons. The summed E-state index contributed by atoms with van der Waals surface area (Å²) in [7, 11) is 0. The predicted molar refractivity (Wildman–Crippen MR) is 82.4 cm³/mol. The Labute approximate surface area is 136 Å². The minimum absolute atomic E-state index is 0.0311. The van der Waals surface area contributed by atoms with Gasteiger partial charge >= 0.3 is 6.09 Å². The summed E-state index contributed by atoms with van der Waals surface area (Å²) in [4.78, 5) is 40.1. The first-order chi connectivity index (χ1) is 10.7. The van der Waals surface area contributed by atoms with Crippen LogP contribution in [0.3, 0.4) is 0 Å². The van der Waals surface area contributed by atoms with Crippen LogP contribution in [0.5, 0.6) is 0 Å². The second kappa shape index (κ2) is 8.69. The molecule has 0 spiro atoms. The fourth-order valence-electron chi connectivity index (χ4n) is 2.52. The summed E-state index contributed by atoms with van der Waals surface area (Å²) in [5.41, 5.74) is -0.579. The normalized spacial score (nSPS) is 17.9. The Balaban J connectivity index is 2.34. The van der Waals surface area contributed by atoms with Gasteiger partial charge in [0.25, 0.3) is 5.09 Å². The molecule has 0 aliphatic carbocycles. The molecule has 0 N–H and O–H groups in total. The van der Waals surface area contributed by atoms with E-state index in [0.717, 1.165) is 6.42 Å². The van der Waals surface area contributed by atoms with E-state index in [1.807, 2.05) is 0 Å². The van der Waals surface area contributed by atoms with Gasteiger partial charge in [0, 0.05) is 13.0 Å². The number of ketones is 1. The first-order valence-corrected chi connectivity index (χ1v) is 8.00. The molecule has 1 aliphatic heterocycles. The summed E-state index contributed by atoms with van der Waals surface area (Å²) in [6, 6.07) is -0.403. The maximum absolute atomic E-state index is 12.3. The monoisotopic (exact) mass is 330 g/mol. The van der Waals surface area contributed by atoms with Crippen LogP contribution < -0.4 is 0 Å². The van der Waals surface area contributed by atoms with Gasteiger partial charge in [0.05, 0.1) is 12.6 Å². The van der Waals surface area contributed by atoms with E-state index in [1.165, 1.54) is 4.90 Å². The zero-order valence-electron chi connectivity index (χ0n) is 14.1. The van der Waals surface area contributed by atoms with E-state index in [1.54, 1.807) is 20.8 Å². The van der Waals surface area contributed by atoms with Crippen molar-refractivity contribution < 1.29 is 24.3 Å². The first-order valence-electron chi connectivity index (χ1n) is 8.00. The molecule has 1 aliphatic rings. The van der Waals surface area contributed by atoms with Crippen molar-refractivity contribution in [2.45, 2.75) is 70.9 Å². The third kappa shape index (κ3) is 7.30. The number of nitrogens with zero attached hydrogens (tertiary/aromatic N) is 2. The topological polar surface area (TPSA) is 99.0 Å². The Morgan fingerprint density at radius 2 is 1.96 bits per heavy atom. The van der Waals surface area contributed by atoms with Crippen LogP contribution in [0.2, 0.25) is 0 Å². The number of amides is 1. The number of likely N-dealkylation sites (tertiary alicyclic amines) is 1. The SMILES string of the molecule is CC(C)(C)OC(=O)N1CCCC1C(=O)CCCCCO[N+](=O)[O-]. The van der Waals surface area contributed by atoms with Crippen molar-refractivity contribution in [3.05, 3.63) is 10.1 Å². The van der Waals surface area contributed by atoms with E-state index >= 15 is 0 Å². The quantitative estimate of drug-likeness (QED) is 0.385. The van der Waals surface area contributed by atoms with E-state index in [9.17, 15) is 19.7 Å². The number of Topliss-reactive ketones (excluding diaryl/α,β-unsaturated/α-hetero) is 1. The molecular formula is C15H26N2O6. The number of hydrogen-bond donors (Lipinski definition) is 0. The van der Waals surface area contributed by atoms with Gasteiger partial charge in [-0.2, -0.15) is 0 Å². The molecule has 1 heterocycles. The summed E-state index contributed by atoms with van der Waals surface area (Å²) in [6.07, 6.45) is 3.25. The van der Waals surface area contributed by atoms with Crippen LogP contribution >= 0.6 is 0 Å². The highest BCUT2D eigenvalue weighted by molar-refractivity contribution is 5.87. The lowest BCUT2D eigenvalue weighted by molar-refractivity contribution is -0.757. The molecule has 1 amide bonds. The smallest absolute Gasteiger partial charge is 0.410 e. The first kappa shape index (κ1) is 19.2. The van der Waals surface area contributed by atoms with Gasteiger partial charge in [-0.3, -0.25) is 9.69 Å². The number of unbranched alkanes of at least 4 members (excludes halogenated alkanes) is 2. The second-order valence-corrected chi connectivity index (χ2v) is 6.67. The number of rotatable bonds is 8. The predicted octanol–water partition coefficient (Wildman–Crippen LogP) is 2.72. The van der Waals surface area contributed by atoms with Gasteiger partial charge in [0.15, 0.2) is 5.78 Å². The highest BCUT2D eigenvalue weighted by Crippen LogP contribution is 2.23. The lowest BCUT2D eigenvalue weighted by Gasteiger charge is -2.28. The van der Waals surface area contributed by atoms with Crippen molar-refractivity contribution in [2.75, 3.05) is 13.2 Å². The number of hydrogen-bond acceptors (Lipinski definition) is 6. The van der Waals surface area contributed by atoms with Crippen molar-refractivity contribution in [3.63, 3.8) is 0 Å². The van der Waals surface area contributed by atoms with Crippen molar-refractivity contribution in [1.29, 1.82) is 0 Å². The van der Waals surface area contributed by atoms with E-state index in [2.05, 4.69) is 4.84 Å². The lowest BCUT2D eigenvalue weighted by Crippen LogP contribution is -2.43. The Bertz CT molecular complexity index is 432. The maximum Gasteiger partial charge on any atom is 0.410 e. The van der Waals surface area contributed by atoms with Gasteiger partial charge in [-0.25, -0.2) is 4.79 Å². The molecule has 1 rings (SSSR count). The summed E-state index contributed by atoms with van der Waals surface area (Å²) < 4.78 is 5.34.